The fourth-order valence-electron chi connectivity index (χ4n) is 2.05. The largest absolute Gasteiger partial charge is 0.377 e. The lowest BCUT2D eigenvalue weighted by Gasteiger charge is -2.37. The van der Waals surface area contributed by atoms with Crippen molar-refractivity contribution in [2.24, 2.45) is 11.1 Å². The van der Waals surface area contributed by atoms with Gasteiger partial charge in [-0.25, -0.2) is 0 Å². The maximum atomic E-state index is 5.65. The summed E-state index contributed by atoms with van der Waals surface area (Å²) < 4.78 is 5.64. The molecule has 82 valence electrons. The molecule has 0 aromatic carbocycles. The van der Waals surface area contributed by atoms with E-state index < -0.39 is 0 Å². The minimum Gasteiger partial charge on any atom is -0.377 e. The molecule has 1 aliphatic heterocycles. The number of hydrogen-bond donors (Lipinski definition) is 1. The normalized spacial score (nSPS) is 27.9. The lowest BCUT2D eigenvalue weighted by atomic mass is 9.86. The van der Waals surface area contributed by atoms with Crippen molar-refractivity contribution in [2.45, 2.75) is 33.3 Å². The van der Waals surface area contributed by atoms with Crippen LogP contribution in [0.4, 0.5) is 0 Å². The highest BCUT2D eigenvalue weighted by Gasteiger charge is 2.27. The van der Waals surface area contributed by atoms with Crippen molar-refractivity contribution in [3.8, 4) is 0 Å². The molecule has 3 nitrogen and oxygen atoms in total. The van der Waals surface area contributed by atoms with Gasteiger partial charge in [-0.05, 0) is 31.0 Å². The third-order valence-corrected chi connectivity index (χ3v) is 2.79. The van der Waals surface area contributed by atoms with Crippen LogP contribution in [0, 0.1) is 5.41 Å². The molecule has 0 aromatic rings. The summed E-state index contributed by atoms with van der Waals surface area (Å²) in [6, 6.07) is 0. The van der Waals surface area contributed by atoms with Crippen molar-refractivity contribution in [2.75, 3.05) is 19.7 Å². The SMILES string of the molecule is CC1CC(C)(C)CN(C(N)=S)CCO1. The summed E-state index contributed by atoms with van der Waals surface area (Å²) in [4.78, 5) is 2.03. The van der Waals surface area contributed by atoms with Gasteiger partial charge in [0.2, 0.25) is 0 Å². The number of thiocarbonyl (C=S) groups is 1. The average Bonchev–Trinajstić information content (AvgIpc) is 1.98. The molecule has 1 atom stereocenters. The Balaban J connectivity index is 2.64. The van der Waals surface area contributed by atoms with Gasteiger partial charge in [-0.15, -0.1) is 0 Å². The first kappa shape index (κ1) is 11.7. The fraction of sp³-hybridized carbons (Fsp3) is 0.900. The van der Waals surface area contributed by atoms with Crippen molar-refractivity contribution in [3.05, 3.63) is 0 Å². The van der Waals surface area contributed by atoms with E-state index in [1.807, 2.05) is 4.90 Å². The topological polar surface area (TPSA) is 38.5 Å². The fourth-order valence-corrected chi connectivity index (χ4v) is 2.21. The maximum Gasteiger partial charge on any atom is 0.166 e. The molecule has 1 saturated heterocycles. The molecule has 0 amide bonds. The summed E-state index contributed by atoms with van der Waals surface area (Å²) in [5.74, 6) is 0. The van der Waals surface area contributed by atoms with Gasteiger partial charge in [-0.1, -0.05) is 13.8 Å². The van der Waals surface area contributed by atoms with Gasteiger partial charge in [0, 0.05) is 13.1 Å². The molecule has 0 spiro atoms. The van der Waals surface area contributed by atoms with E-state index >= 15 is 0 Å². The zero-order chi connectivity index (χ0) is 10.8. The van der Waals surface area contributed by atoms with Crippen LogP contribution in [-0.4, -0.2) is 35.8 Å². The van der Waals surface area contributed by atoms with Crippen LogP contribution in [0.15, 0.2) is 0 Å². The number of nitrogens with two attached hydrogens (primary N) is 1. The molecule has 0 aromatic heterocycles. The number of ether oxygens (including phenoxy) is 1. The van der Waals surface area contributed by atoms with Crippen LogP contribution in [0.1, 0.15) is 27.2 Å². The van der Waals surface area contributed by atoms with Gasteiger partial charge in [-0.3, -0.25) is 0 Å². The highest BCUT2D eigenvalue weighted by atomic mass is 32.1. The molecule has 4 heteroatoms. The zero-order valence-corrected chi connectivity index (χ0v) is 10.1. The van der Waals surface area contributed by atoms with Gasteiger partial charge in [-0.2, -0.15) is 0 Å². The summed E-state index contributed by atoms with van der Waals surface area (Å²) in [5.41, 5.74) is 5.86. The van der Waals surface area contributed by atoms with Crippen LogP contribution in [0.3, 0.4) is 0 Å². The molecule has 0 radical (unpaired) electrons. The number of hydrogen-bond acceptors (Lipinski definition) is 2. The van der Waals surface area contributed by atoms with Crippen LogP contribution < -0.4 is 5.73 Å². The third kappa shape index (κ3) is 3.42. The van der Waals surface area contributed by atoms with Crippen LogP contribution in [0.2, 0.25) is 0 Å². The molecular weight excluding hydrogens is 196 g/mol. The van der Waals surface area contributed by atoms with E-state index in [1.165, 1.54) is 0 Å². The maximum absolute atomic E-state index is 5.65. The quantitative estimate of drug-likeness (QED) is 0.621. The smallest absolute Gasteiger partial charge is 0.166 e. The minimum absolute atomic E-state index is 0.212. The van der Waals surface area contributed by atoms with E-state index in [1.54, 1.807) is 0 Å². The Morgan fingerprint density at radius 1 is 1.57 bits per heavy atom. The van der Waals surface area contributed by atoms with Gasteiger partial charge < -0.3 is 15.4 Å². The summed E-state index contributed by atoms with van der Waals surface area (Å²) in [6.45, 7) is 9.03. The Morgan fingerprint density at radius 3 is 2.79 bits per heavy atom. The summed E-state index contributed by atoms with van der Waals surface area (Å²) in [7, 11) is 0. The van der Waals surface area contributed by atoms with Crippen molar-refractivity contribution in [3.63, 3.8) is 0 Å². The first-order valence-electron chi connectivity index (χ1n) is 5.07. The predicted molar refractivity (Wildman–Crippen MR) is 62.2 cm³/mol. The van der Waals surface area contributed by atoms with E-state index in [-0.39, 0.29) is 5.41 Å². The van der Waals surface area contributed by atoms with Gasteiger partial charge in [0.05, 0.1) is 12.7 Å². The molecule has 1 aliphatic rings. The average molecular weight is 216 g/mol. The second-order valence-electron chi connectivity index (χ2n) is 4.81. The van der Waals surface area contributed by atoms with E-state index in [0.717, 1.165) is 19.5 Å². The standard InChI is InChI=1S/C10H20N2OS/c1-8-6-10(2,3)7-12(9(11)14)4-5-13-8/h8H,4-7H2,1-3H3,(H2,11,14). The molecule has 2 N–H and O–H groups in total. The summed E-state index contributed by atoms with van der Waals surface area (Å²) in [5, 5.41) is 0.483. The highest BCUT2D eigenvalue weighted by molar-refractivity contribution is 7.80. The predicted octanol–water partition coefficient (Wildman–Crippen LogP) is 1.37. The molecule has 0 saturated carbocycles. The van der Waals surface area contributed by atoms with Gasteiger partial charge >= 0.3 is 0 Å². The molecule has 1 rings (SSSR count). The molecule has 1 fully saturated rings. The molecule has 14 heavy (non-hydrogen) atoms. The van der Waals surface area contributed by atoms with E-state index in [0.29, 0.717) is 17.8 Å². The van der Waals surface area contributed by atoms with Gasteiger partial charge in [0.15, 0.2) is 5.11 Å². The van der Waals surface area contributed by atoms with E-state index in [9.17, 15) is 0 Å². The van der Waals surface area contributed by atoms with Crippen LogP contribution in [0.25, 0.3) is 0 Å². The van der Waals surface area contributed by atoms with Gasteiger partial charge in [0.1, 0.15) is 0 Å². The highest BCUT2D eigenvalue weighted by Crippen LogP contribution is 2.26. The first-order valence-corrected chi connectivity index (χ1v) is 5.47. The minimum atomic E-state index is 0.212. The molecular formula is C10H20N2OS. The molecule has 1 unspecified atom stereocenters. The summed E-state index contributed by atoms with van der Waals surface area (Å²) in [6.07, 6.45) is 1.38. The van der Waals surface area contributed by atoms with Crippen LogP contribution >= 0.6 is 12.2 Å². The van der Waals surface area contributed by atoms with Crippen molar-refractivity contribution in [1.82, 2.24) is 4.90 Å². The van der Waals surface area contributed by atoms with E-state index in [2.05, 4.69) is 20.8 Å². The Hall–Kier alpha value is -0.350. The third-order valence-electron chi connectivity index (χ3n) is 2.53. The Labute approximate surface area is 91.6 Å². The molecule has 1 heterocycles. The number of rotatable bonds is 0. The second-order valence-corrected chi connectivity index (χ2v) is 5.23. The van der Waals surface area contributed by atoms with Gasteiger partial charge in [0.25, 0.3) is 0 Å². The monoisotopic (exact) mass is 216 g/mol. The second kappa shape index (κ2) is 4.45. The lowest BCUT2D eigenvalue weighted by Crippen LogP contribution is -2.46. The zero-order valence-electron chi connectivity index (χ0n) is 9.25. The van der Waals surface area contributed by atoms with Crippen molar-refractivity contribution in [1.29, 1.82) is 0 Å². The Kier molecular flexibility index (Phi) is 3.72. The first-order chi connectivity index (χ1) is 6.41. The molecule has 0 bridgehead atoms. The summed E-state index contributed by atoms with van der Waals surface area (Å²) >= 11 is 5.00. The van der Waals surface area contributed by atoms with Crippen LogP contribution in [-0.2, 0) is 4.74 Å². The van der Waals surface area contributed by atoms with Crippen molar-refractivity contribution >= 4 is 17.3 Å². The lowest BCUT2D eigenvalue weighted by molar-refractivity contribution is 0.00250. The van der Waals surface area contributed by atoms with Crippen LogP contribution in [0.5, 0.6) is 0 Å². The Bertz CT molecular complexity index is 218. The number of nitrogens with zero attached hydrogens (tertiary/aromatic N) is 1. The van der Waals surface area contributed by atoms with E-state index in [4.69, 9.17) is 22.7 Å². The van der Waals surface area contributed by atoms with Crippen molar-refractivity contribution < 1.29 is 4.74 Å². The molecule has 0 aliphatic carbocycles. The Morgan fingerprint density at radius 2 is 2.21 bits per heavy atom.